The van der Waals surface area contributed by atoms with Gasteiger partial charge in [-0.1, -0.05) is 20.3 Å². The first-order valence-electron chi connectivity index (χ1n) is 6.64. The molecule has 18 heavy (non-hydrogen) atoms. The first-order valence-corrected chi connectivity index (χ1v) is 6.64. The van der Waals surface area contributed by atoms with Crippen LogP contribution in [-0.4, -0.2) is 5.78 Å². The van der Waals surface area contributed by atoms with Crippen LogP contribution in [0, 0.1) is 31.0 Å². The minimum atomic E-state index is -0.197. The molecule has 0 aliphatic heterocycles. The lowest BCUT2D eigenvalue weighted by Gasteiger charge is -2.26. The Hall–Kier alpha value is -1.18. The zero-order valence-corrected chi connectivity index (χ0v) is 11.6. The fraction of sp³-hybridized carbons (Fsp3) is 0.562. The summed E-state index contributed by atoms with van der Waals surface area (Å²) in [4.78, 5) is 12.6. The number of hydrogen-bond acceptors (Lipinski definition) is 1. The molecule has 0 N–H and O–H groups in total. The number of hydrogen-bond donors (Lipinski definition) is 0. The van der Waals surface area contributed by atoms with Crippen LogP contribution in [0.3, 0.4) is 0 Å². The summed E-state index contributed by atoms with van der Waals surface area (Å²) >= 11 is 0. The highest BCUT2D eigenvalue weighted by molar-refractivity contribution is 5.98. The molecule has 0 heterocycles. The Morgan fingerprint density at radius 3 is 2.28 bits per heavy atom. The Balaban J connectivity index is 2.35. The molecule has 0 spiro atoms. The average molecular weight is 248 g/mol. The standard InChI is InChI=1S/C16H21FO/c1-10-8-12(9-11(2)14(10)17)15(18)13-6-5-7-16(13,3)4/h8-9,13H,5-7H2,1-4H3. The van der Waals surface area contributed by atoms with E-state index in [0.717, 1.165) is 19.3 Å². The van der Waals surface area contributed by atoms with Crippen LogP contribution >= 0.6 is 0 Å². The number of Topliss-reactive ketones (excluding diaryl/α,β-unsaturated/α-hetero) is 1. The van der Waals surface area contributed by atoms with E-state index in [1.807, 2.05) is 0 Å². The number of halogens is 1. The predicted molar refractivity (Wildman–Crippen MR) is 71.3 cm³/mol. The Kier molecular flexibility index (Phi) is 3.31. The van der Waals surface area contributed by atoms with Gasteiger partial charge in [0.2, 0.25) is 0 Å². The molecule has 0 radical (unpaired) electrons. The van der Waals surface area contributed by atoms with Gasteiger partial charge in [-0.2, -0.15) is 0 Å². The largest absolute Gasteiger partial charge is 0.294 e. The van der Waals surface area contributed by atoms with E-state index in [9.17, 15) is 9.18 Å². The molecule has 1 aliphatic rings. The second-order valence-electron chi connectivity index (χ2n) is 6.22. The molecular formula is C16H21FO. The van der Waals surface area contributed by atoms with E-state index in [0.29, 0.717) is 16.7 Å². The van der Waals surface area contributed by atoms with Crippen molar-refractivity contribution < 1.29 is 9.18 Å². The van der Waals surface area contributed by atoms with Crippen LogP contribution in [0.4, 0.5) is 4.39 Å². The van der Waals surface area contributed by atoms with Crippen LogP contribution in [0.1, 0.15) is 54.6 Å². The van der Waals surface area contributed by atoms with Crippen molar-refractivity contribution in [2.75, 3.05) is 0 Å². The van der Waals surface area contributed by atoms with Crippen LogP contribution in [0.5, 0.6) is 0 Å². The third-order valence-electron chi connectivity index (χ3n) is 4.29. The van der Waals surface area contributed by atoms with E-state index >= 15 is 0 Å². The first kappa shape index (κ1) is 13.3. The second-order valence-corrected chi connectivity index (χ2v) is 6.22. The molecule has 1 unspecified atom stereocenters. The third-order valence-corrected chi connectivity index (χ3v) is 4.29. The molecule has 0 amide bonds. The smallest absolute Gasteiger partial charge is 0.166 e. The Morgan fingerprint density at radius 2 is 1.83 bits per heavy atom. The summed E-state index contributed by atoms with van der Waals surface area (Å²) in [6, 6.07) is 3.39. The Bertz CT molecular complexity index is 465. The maximum absolute atomic E-state index is 13.6. The van der Waals surface area contributed by atoms with E-state index in [1.165, 1.54) is 0 Å². The lowest BCUT2D eigenvalue weighted by Crippen LogP contribution is -2.26. The average Bonchev–Trinajstić information content (AvgIpc) is 2.64. The van der Waals surface area contributed by atoms with Crippen molar-refractivity contribution in [1.29, 1.82) is 0 Å². The fourth-order valence-corrected chi connectivity index (χ4v) is 3.10. The molecule has 2 rings (SSSR count). The molecule has 98 valence electrons. The van der Waals surface area contributed by atoms with Crippen molar-refractivity contribution in [1.82, 2.24) is 0 Å². The highest BCUT2D eigenvalue weighted by atomic mass is 19.1. The van der Waals surface area contributed by atoms with Crippen molar-refractivity contribution in [3.05, 3.63) is 34.6 Å². The molecule has 0 bridgehead atoms. The van der Waals surface area contributed by atoms with E-state index in [1.54, 1.807) is 26.0 Å². The van der Waals surface area contributed by atoms with Crippen LogP contribution < -0.4 is 0 Å². The lowest BCUT2D eigenvalue weighted by atomic mass is 9.77. The highest BCUT2D eigenvalue weighted by Crippen LogP contribution is 2.44. The number of carbonyl (C=O) groups is 1. The van der Waals surface area contributed by atoms with Gasteiger partial charge in [-0.25, -0.2) is 4.39 Å². The van der Waals surface area contributed by atoms with E-state index in [4.69, 9.17) is 0 Å². The molecule has 1 nitrogen and oxygen atoms in total. The third kappa shape index (κ3) is 2.21. The van der Waals surface area contributed by atoms with Gasteiger partial charge in [0.1, 0.15) is 5.82 Å². The zero-order chi connectivity index (χ0) is 13.5. The van der Waals surface area contributed by atoms with Gasteiger partial charge in [-0.3, -0.25) is 4.79 Å². The van der Waals surface area contributed by atoms with Gasteiger partial charge in [-0.05, 0) is 55.4 Å². The molecule has 1 aromatic rings. The monoisotopic (exact) mass is 248 g/mol. The number of benzene rings is 1. The lowest BCUT2D eigenvalue weighted by molar-refractivity contribution is 0.0839. The minimum Gasteiger partial charge on any atom is -0.294 e. The number of carbonyl (C=O) groups excluding carboxylic acids is 1. The fourth-order valence-electron chi connectivity index (χ4n) is 3.10. The highest BCUT2D eigenvalue weighted by Gasteiger charge is 2.39. The van der Waals surface area contributed by atoms with Gasteiger partial charge in [0.05, 0.1) is 0 Å². The van der Waals surface area contributed by atoms with Crippen molar-refractivity contribution in [3.8, 4) is 0 Å². The van der Waals surface area contributed by atoms with Crippen molar-refractivity contribution >= 4 is 5.78 Å². The van der Waals surface area contributed by atoms with Crippen molar-refractivity contribution in [2.45, 2.75) is 47.0 Å². The summed E-state index contributed by atoms with van der Waals surface area (Å²) in [6.07, 6.45) is 3.17. The second kappa shape index (κ2) is 4.49. The summed E-state index contributed by atoms with van der Waals surface area (Å²) in [5.41, 5.74) is 1.88. The molecule has 1 fully saturated rings. The van der Waals surface area contributed by atoms with Gasteiger partial charge >= 0.3 is 0 Å². The predicted octanol–water partition coefficient (Wildman–Crippen LogP) is 4.45. The SMILES string of the molecule is Cc1cc(C(=O)C2CCCC2(C)C)cc(C)c1F. The quantitative estimate of drug-likeness (QED) is 0.707. The van der Waals surface area contributed by atoms with Crippen LogP contribution in [-0.2, 0) is 0 Å². The van der Waals surface area contributed by atoms with Crippen LogP contribution in [0.25, 0.3) is 0 Å². The summed E-state index contributed by atoms with van der Waals surface area (Å²) in [6.45, 7) is 7.76. The Labute approximate surface area is 108 Å². The van der Waals surface area contributed by atoms with Gasteiger partial charge in [0.25, 0.3) is 0 Å². The molecule has 0 saturated heterocycles. The molecule has 1 saturated carbocycles. The normalized spacial score (nSPS) is 22.2. The van der Waals surface area contributed by atoms with E-state index < -0.39 is 0 Å². The summed E-state index contributed by atoms with van der Waals surface area (Å²) in [5.74, 6) is 0.0719. The zero-order valence-electron chi connectivity index (χ0n) is 11.6. The maximum atomic E-state index is 13.6. The number of rotatable bonds is 2. The molecule has 0 aromatic heterocycles. The Morgan fingerprint density at radius 1 is 1.28 bits per heavy atom. The molecular weight excluding hydrogens is 227 g/mol. The summed E-state index contributed by atoms with van der Waals surface area (Å²) < 4.78 is 13.6. The van der Waals surface area contributed by atoms with E-state index in [-0.39, 0.29) is 22.9 Å². The van der Waals surface area contributed by atoms with Gasteiger partial charge in [0, 0.05) is 11.5 Å². The maximum Gasteiger partial charge on any atom is 0.166 e. The molecule has 1 atom stereocenters. The molecule has 2 heteroatoms. The van der Waals surface area contributed by atoms with Gasteiger partial charge in [0.15, 0.2) is 5.78 Å². The van der Waals surface area contributed by atoms with Crippen molar-refractivity contribution in [2.24, 2.45) is 11.3 Å². The van der Waals surface area contributed by atoms with Gasteiger partial charge in [-0.15, -0.1) is 0 Å². The van der Waals surface area contributed by atoms with Gasteiger partial charge < -0.3 is 0 Å². The number of ketones is 1. The van der Waals surface area contributed by atoms with Crippen LogP contribution in [0.2, 0.25) is 0 Å². The first-order chi connectivity index (χ1) is 8.33. The summed E-state index contributed by atoms with van der Waals surface area (Å²) in [5, 5.41) is 0. The number of aryl methyl sites for hydroxylation is 2. The minimum absolute atomic E-state index is 0.0767. The molecule has 1 aromatic carbocycles. The molecule has 1 aliphatic carbocycles. The van der Waals surface area contributed by atoms with E-state index in [2.05, 4.69) is 13.8 Å². The summed E-state index contributed by atoms with van der Waals surface area (Å²) in [7, 11) is 0. The topological polar surface area (TPSA) is 17.1 Å². The van der Waals surface area contributed by atoms with Crippen LogP contribution in [0.15, 0.2) is 12.1 Å². The van der Waals surface area contributed by atoms with Crippen molar-refractivity contribution in [3.63, 3.8) is 0 Å².